The molecule has 0 atom stereocenters. The van der Waals surface area contributed by atoms with E-state index in [4.69, 9.17) is 5.73 Å². The highest BCUT2D eigenvalue weighted by Crippen LogP contribution is 2.30. The number of hydrogen-bond donors (Lipinski definition) is 1. The fourth-order valence-corrected chi connectivity index (χ4v) is 1.79. The lowest BCUT2D eigenvalue weighted by Gasteiger charge is -2.29. The molecule has 0 spiro atoms. The van der Waals surface area contributed by atoms with Crippen LogP contribution in [0.5, 0.6) is 0 Å². The minimum absolute atomic E-state index is 0.000924. The van der Waals surface area contributed by atoms with Gasteiger partial charge in [-0.05, 0) is 40.0 Å². The first-order chi connectivity index (χ1) is 9.31. The Kier molecular flexibility index (Phi) is 3.74. The van der Waals surface area contributed by atoms with Crippen molar-refractivity contribution in [1.29, 1.82) is 0 Å². The Morgan fingerprint density at radius 3 is 2.70 bits per heavy atom. The van der Waals surface area contributed by atoms with Crippen LogP contribution in [0, 0.1) is 17.2 Å². The van der Waals surface area contributed by atoms with Crippen LogP contribution in [-0.4, -0.2) is 20.2 Å². The summed E-state index contributed by atoms with van der Waals surface area (Å²) in [5, 5.41) is 11.6. The summed E-state index contributed by atoms with van der Waals surface area (Å²) in [5.74, 6) is 0.478. The van der Waals surface area contributed by atoms with Crippen LogP contribution >= 0.6 is 0 Å². The van der Waals surface area contributed by atoms with Gasteiger partial charge in [0.2, 0.25) is 0 Å². The lowest BCUT2D eigenvalue weighted by molar-refractivity contribution is 0.200. The number of aromatic nitrogens is 4. The van der Waals surface area contributed by atoms with Crippen molar-refractivity contribution in [1.82, 2.24) is 20.2 Å². The molecular formula is C14H20FN5. The number of nitrogens with zero attached hydrogens (tertiary/aromatic N) is 4. The second-order valence-electron chi connectivity index (χ2n) is 6.04. The summed E-state index contributed by atoms with van der Waals surface area (Å²) < 4.78 is 15.6. The number of benzene rings is 1. The third-order valence-electron chi connectivity index (χ3n) is 3.88. The van der Waals surface area contributed by atoms with Gasteiger partial charge in [-0.25, -0.2) is 9.07 Å². The van der Waals surface area contributed by atoms with Gasteiger partial charge < -0.3 is 5.73 Å². The van der Waals surface area contributed by atoms with Crippen molar-refractivity contribution in [2.75, 3.05) is 5.73 Å². The van der Waals surface area contributed by atoms with Gasteiger partial charge in [0.25, 0.3) is 0 Å². The largest absolute Gasteiger partial charge is 0.399 e. The lowest BCUT2D eigenvalue weighted by atomic mass is 9.81. The Morgan fingerprint density at radius 2 is 2.05 bits per heavy atom. The Morgan fingerprint density at radius 1 is 1.35 bits per heavy atom. The molecule has 0 amide bonds. The smallest absolute Gasteiger partial charge is 0.185 e. The summed E-state index contributed by atoms with van der Waals surface area (Å²) in [7, 11) is 0. The number of halogens is 1. The number of nitrogens with two attached hydrogens (primary N) is 1. The van der Waals surface area contributed by atoms with Gasteiger partial charge >= 0.3 is 0 Å². The maximum Gasteiger partial charge on any atom is 0.185 e. The van der Waals surface area contributed by atoms with E-state index >= 15 is 0 Å². The normalized spacial score (nSPS) is 12.1. The minimum Gasteiger partial charge on any atom is -0.399 e. The molecule has 2 rings (SSSR count). The van der Waals surface area contributed by atoms with E-state index in [1.165, 1.54) is 12.1 Å². The third kappa shape index (κ3) is 2.79. The zero-order chi connectivity index (χ0) is 14.9. The second kappa shape index (κ2) is 5.19. The summed E-state index contributed by atoms with van der Waals surface area (Å²) in [6.07, 6.45) is 0. The maximum atomic E-state index is 13.9. The van der Waals surface area contributed by atoms with Crippen LogP contribution in [0.25, 0.3) is 11.4 Å². The molecule has 0 aliphatic carbocycles. The van der Waals surface area contributed by atoms with E-state index < -0.39 is 0 Å². The Labute approximate surface area is 118 Å². The molecule has 6 heteroatoms. The van der Waals surface area contributed by atoms with Gasteiger partial charge in [-0.3, -0.25) is 0 Å². The van der Waals surface area contributed by atoms with Gasteiger partial charge in [0.05, 0.1) is 12.1 Å². The van der Waals surface area contributed by atoms with Crippen LogP contribution in [0.2, 0.25) is 0 Å². The van der Waals surface area contributed by atoms with Crippen LogP contribution < -0.4 is 5.73 Å². The molecule has 0 aliphatic heterocycles. The third-order valence-corrected chi connectivity index (χ3v) is 3.88. The maximum absolute atomic E-state index is 13.9. The average molecular weight is 277 g/mol. The summed E-state index contributed by atoms with van der Waals surface area (Å²) >= 11 is 0. The number of anilines is 1. The highest BCUT2D eigenvalue weighted by molar-refractivity contribution is 5.61. The molecule has 0 saturated heterocycles. The fourth-order valence-electron chi connectivity index (χ4n) is 1.79. The summed E-state index contributed by atoms with van der Waals surface area (Å²) in [6.45, 7) is 9.18. The molecule has 2 aromatic rings. The molecule has 0 radical (unpaired) electrons. The van der Waals surface area contributed by atoms with Crippen LogP contribution in [0.3, 0.4) is 0 Å². The van der Waals surface area contributed by atoms with Crippen molar-refractivity contribution in [3.05, 3.63) is 24.0 Å². The predicted molar refractivity (Wildman–Crippen MR) is 76.2 cm³/mol. The van der Waals surface area contributed by atoms with E-state index in [0.717, 1.165) is 0 Å². The molecule has 0 aliphatic rings. The topological polar surface area (TPSA) is 69.6 Å². The van der Waals surface area contributed by atoms with Gasteiger partial charge in [0.15, 0.2) is 5.82 Å². The van der Waals surface area contributed by atoms with Crippen LogP contribution in [0.15, 0.2) is 18.2 Å². The van der Waals surface area contributed by atoms with E-state index in [9.17, 15) is 4.39 Å². The first-order valence-corrected chi connectivity index (χ1v) is 6.63. The van der Waals surface area contributed by atoms with Crippen molar-refractivity contribution >= 4 is 5.69 Å². The molecule has 0 unspecified atom stereocenters. The molecular weight excluding hydrogens is 257 g/mol. The summed E-state index contributed by atoms with van der Waals surface area (Å²) in [5.41, 5.74) is 6.53. The first kappa shape index (κ1) is 14.4. The van der Waals surface area contributed by atoms with E-state index in [1.807, 2.05) is 0 Å². The van der Waals surface area contributed by atoms with Crippen LogP contribution in [0.1, 0.15) is 27.7 Å². The van der Waals surface area contributed by atoms with Gasteiger partial charge in [-0.2, -0.15) is 0 Å². The van der Waals surface area contributed by atoms with Crippen molar-refractivity contribution in [3.8, 4) is 11.4 Å². The van der Waals surface area contributed by atoms with Crippen molar-refractivity contribution in [2.45, 2.75) is 34.2 Å². The van der Waals surface area contributed by atoms with Gasteiger partial charge in [-0.15, -0.1) is 5.10 Å². The van der Waals surface area contributed by atoms with E-state index in [1.54, 1.807) is 10.7 Å². The van der Waals surface area contributed by atoms with Gasteiger partial charge in [-0.1, -0.05) is 27.7 Å². The molecule has 0 saturated carbocycles. The van der Waals surface area contributed by atoms with Crippen LogP contribution in [-0.2, 0) is 6.54 Å². The summed E-state index contributed by atoms with van der Waals surface area (Å²) in [6, 6.07) is 4.40. The number of nitrogen functional groups attached to an aromatic ring is 1. The molecule has 0 fully saturated rings. The number of tetrazole rings is 1. The van der Waals surface area contributed by atoms with E-state index in [2.05, 4.69) is 43.2 Å². The Balaban J connectivity index is 2.41. The zero-order valence-corrected chi connectivity index (χ0v) is 12.3. The summed E-state index contributed by atoms with van der Waals surface area (Å²) in [4.78, 5) is 0. The molecule has 0 bridgehead atoms. The van der Waals surface area contributed by atoms with E-state index in [-0.39, 0.29) is 11.2 Å². The fraction of sp³-hybridized carbons (Fsp3) is 0.500. The van der Waals surface area contributed by atoms with Crippen LogP contribution in [0.4, 0.5) is 10.1 Å². The zero-order valence-electron chi connectivity index (χ0n) is 12.3. The quantitative estimate of drug-likeness (QED) is 0.872. The molecule has 108 valence electrons. The first-order valence-electron chi connectivity index (χ1n) is 6.63. The van der Waals surface area contributed by atoms with Gasteiger partial charge in [0, 0.05) is 5.69 Å². The highest BCUT2D eigenvalue weighted by Gasteiger charge is 2.26. The average Bonchev–Trinajstić information content (AvgIpc) is 2.79. The molecule has 20 heavy (non-hydrogen) atoms. The molecule has 1 aromatic heterocycles. The van der Waals surface area contributed by atoms with E-state index in [0.29, 0.717) is 29.5 Å². The highest BCUT2D eigenvalue weighted by atomic mass is 19.1. The molecule has 5 nitrogen and oxygen atoms in total. The van der Waals surface area contributed by atoms with Crippen molar-refractivity contribution < 1.29 is 4.39 Å². The molecule has 1 aromatic carbocycles. The Hall–Kier alpha value is -1.98. The monoisotopic (exact) mass is 277 g/mol. The SMILES string of the molecule is CC(C)C(C)(C)Cn1nnnc1-c1cc(N)ccc1F. The Bertz CT molecular complexity index is 603. The number of hydrogen-bond acceptors (Lipinski definition) is 4. The molecule has 1 heterocycles. The van der Waals surface area contributed by atoms with Crippen molar-refractivity contribution in [3.63, 3.8) is 0 Å². The lowest BCUT2D eigenvalue weighted by Crippen LogP contribution is -2.26. The standard InChI is InChI=1S/C14H20FN5/c1-9(2)14(3,4)8-20-13(17-18-19-20)11-7-10(16)5-6-12(11)15/h5-7,9H,8,16H2,1-4H3. The minimum atomic E-state index is -0.377. The number of rotatable bonds is 4. The van der Waals surface area contributed by atoms with Gasteiger partial charge in [0.1, 0.15) is 5.82 Å². The predicted octanol–water partition coefficient (Wildman–Crippen LogP) is 2.74. The second-order valence-corrected chi connectivity index (χ2v) is 6.04. The molecule has 2 N–H and O–H groups in total. The van der Waals surface area contributed by atoms with Crippen molar-refractivity contribution in [2.24, 2.45) is 11.3 Å².